The molecule has 0 unspecified atom stereocenters. The number of carbonyl (C=O) groups excluding carboxylic acids is 3. The Labute approximate surface area is 205 Å². The Morgan fingerprint density at radius 3 is 2.23 bits per heavy atom. The number of aryl methyl sites for hydroxylation is 1. The highest BCUT2D eigenvalue weighted by Gasteiger charge is 2.31. The average molecular weight is 500 g/mol. The quantitative estimate of drug-likeness (QED) is 0.584. The smallest absolute Gasteiger partial charge is 0.338 e. The highest BCUT2D eigenvalue weighted by Crippen LogP contribution is 2.27. The number of ether oxygens (including phenoxy) is 1. The fourth-order valence-electron chi connectivity index (χ4n) is 4.42. The van der Waals surface area contributed by atoms with E-state index in [4.69, 9.17) is 4.74 Å². The van der Waals surface area contributed by atoms with Crippen LogP contribution in [-0.4, -0.2) is 74.2 Å². The molecule has 2 heterocycles. The number of carbonyl (C=O) groups is 3. The average Bonchev–Trinajstić information content (AvgIpc) is 2.88. The summed E-state index contributed by atoms with van der Waals surface area (Å²) in [6.45, 7) is 4.67. The number of para-hydroxylation sites is 1. The van der Waals surface area contributed by atoms with Crippen LogP contribution >= 0.6 is 0 Å². The molecule has 1 fully saturated rings. The lowest BCUT2D eigenvalue weighted by molar-refractivity contribution is -0.130. The van der Waals surface area contributed by atoms with Crippen LogP contribution < -0.4 is 4.90 Å². The molecule has 0 saturated carbocycles. The minimum Gasteiger partial charge on any atom is -0.449 e. The molecule has 186 valence electrons. The van der Waals surface area contributed by atoms with E-state index in [2.05, 4.69) is 0 Å². The van der Waals surface area contributed by atoms with E-state index in [0.29, 0.717) is 19.6 Å². The molecule has 0 bridgehead atoms. The van der Waals surface area contributed by atoms with E-state index in [0.717, 1.165) is 24.1 Å². The third-order valence-electron chi connectivity index (χ3n) is 6.42. The summed E-state index contributed by atoms with van der Waals surface area (Å²) in [6.07, 6.45) is 0.744. The van der Waals surface area contributed by atoms with E-state index in [1.54, 1.807) is 9.80 Å². The van der Waals surface area contributed by atoms with E-state index in [1.807, 2.05) is 24.3 Å². The fourth-order valence-corrected chi connectivity index (χ4v) is 5.84. The maximum atomic E-state index is 13.0. The molecule has 2 aromatic rings. The van der Waals surface area contributed by atoms with Crippen LogP contribution in [0.5, 0.6) is 0 Å². The molecule has 1 atom stereocenters. The number of fused-ring (bicyclic) bond motifs is 1. The van der Waals surface area contributed by atoms with Crippen LogP contribution in [0.3, 0.4) is 0 Å². The second-order valence-corrected chi connectivity index (χ2v) is 10.6. The maximum absolute atomic E-state index is 13.0. The van der Waals surface area contributed by atoms with E-state index in [1.165, 1.54) is 42.4 Å². The molecule has 0 radical (unpaired) electrons. The van der Waals surface area contributed by atoms with Gasteiger partial charge in [-0.05, 0) is 55.7 Å². The van der Waals surface area contributed by atoms with Crippen molar-refractivity contribution in [3.05, 3.63) is 59.7 Å². The summed E-state index contributed by atoms with van der Waals surface area (Å²) in [5, 5.41) is 0. The van der Waals surface area contributed by atoms with Gasteiger partial charge in [0, 0.05) is 45.3 Å². The Balaban J connectivity index is 1.39. The number of esters is 1. The van der Waals surface area contributed by atoms with Crippen molar-refractivity contribution >= 4 is 33.5 Å². The van der Waals surface area contributed by atoms with Gasteiger partial charge >= 0.3 is 5.97 Å². The van der Waals surface area contributed by atoms with Crippen molar-refractivity contribution in [1.82, 2.24) is 9.21 Å². The Morgan fingerprint density at radius 2 is 1.57 bits per heavy atom. The van der Waals surface area contributed by atoms with Crippen LogP contribution in [-0.2, 0) is 30.8 Å². The summed E-state index contributed by atoms with van der Waals surface area (Å²) in [5.41, 5.74) is 2.08. The number of amides is 2. The Morgan fingerprint density at radius 1 is 0.914 bits per heavy atom. The fraction of sp³-hybridized carbons (Fsp3) is 0.400. The number of hydrogen-bond acceptors (Lipinski definition) is 6. The Hall–Kier alpha value is -3.24. The first-order chi connectivity index (χ1) is 16.7. The Kier molecular flexibility index (Phi) is 7.23. The van der Waals surface area contributed by atoms with Crippen molar-refractivity contribution in [2.24, 2.45) is 0 Å². The topological polar surface area (TPSA) is 104 Å². The Bertz CT molecular complexity index is 1220. The van der Waals surface area contributed by atoms with Crippen molar-refractivity contribution in [3.63, 3.8) is 0 Å². The van der Waals surface area contributed by atoms with Crippen molar-refractivity contribution in [2.45, 2.75) is 37.7 Å². The second-order valence-electron chi connectivity index (χ2n) is 8.70. The van der Waals surface area contributed by atoms with Gasteiger partial charge in [-0.15, -0.1) is 0 Å². The zero-order valence-electron chi connectivity index (χ0n) is 19.8. The monoisotopic (exact) mass is 499 g/mol. The lowest BCUT2D eigenvalue weighted by Gasteiger charge is -2.33. The van der Waals surface area contributed by atoms with Gasteiger partial charge in [0.2, 0.25) is 15.9 Å². The molecule has 0 spiro atoms. The molecule has 35 heavy (non-hydrogen) atoms. The molecule has 2 aromatic carbocycles. The highest BCUT2D eigenvalue weighted by atomic mass is 32.2. The molecule has 0 aromatic heterocycles. The SMILES string of the molecule is CC(=O)N1CCN(S(=O)(=O)c2ccc(C(=O)O[C@H](C)C(=O)N3CCCc4ccccc43)cc2)CC1. The molecule has 10 heteroatoms. The lowest BCUT2D eigenvalue weighted by atomic mass is 10.0. The van der Waals surface area contributed by atoms with Crippen molar-refractivity contribution in [2.75, 3.05) is 37.6 Å². The summed E-state index contributed by atoms with van der Waals surface area (Å²) in [7, 11) is -3.75. The number of rotatable bonds is 5. The summed E-state index contributed by atoms with van der Waals surface area (Å²) in [4.78, 5) is 40.4. The molecule has 4 rings (SSSR count). The molecule has 2 aliphatic heterocycles. The standard InChI is InChI=1S/C25H29N3O6S/c1-18(24(30)28-13-5-7-20-6-3-4-8-23(20)28)34-25(31)21-9-11-22(12-10-21)35(32,33)27-16-14-26(15-17-27)19(2)29/h3-4,6,8-12,18H,5,7,13-17H2,1-2H3/t18-/m1/s1. The molecular weight excluding hydrogens is 470 g/mol. The van der Waals surface area contributed by atoms with Gasteiger partial charge in [0.15, 0.2) is 6.10 Å². The van der Waals surface area contributed by atoms with Crippen molar-refractivity contribution in [3.8, 4) is 0 Å². The number of sulfonamides is 1. The predicted octanol–water partition coefficient (Wildman–Crippen LogP) is 2.06. The first-order valence-corrected chi connectivity index (χ1v) is 13.1. The zero-order valence-corrected chi connectivity index (χ0v) is 20.7. The second kappa shape index (κ2) is 10.2. The van der Waals surface area contributed by atoms with E-state index < -0.39 is 22.1 Å². The van der Waals surface area contributed by atoms with Crippen LogP contribution in [0.2, 0.25) is 0 Å². The minimum atomic E-state index is -3.75. The van der Waals surface area contributed by atoms with Gasteiger partial charge < -0.3 is 14.5 Å². The van der Waals surface area contributed by atoms with Crippen LogP contribution in [0, 0.1) is 0 Å². The van der Waals surface area contributed by atoms with Crippen molar-refractivity contribution in [1.29, 1.82) is 0 Å². The van der Waals surface area contributed by atoms with E-state index in [9.17, 15) is 22.8 Å². The number of hydrogen-bond donors (Lipinski definition) is 0. The maximum Gasteiger partial charge on any atom is 0.338 e. The van der Waals surface area contributed by atoms with Gasteiger partial charge in [0.25, 0.3) is 5.91 Å². The number of anilines is 1. The molecular formula is C25H29N3O6S. The summed E-state index contributed by atoms with van der Waals surface area (Å²) in [5.74, 6) is -1.08. The number of nitrogens with zero attached hydrogens (tertiary/aromatic N) is 3. The minimum absolute atomic E-state index is 0.0550. The predicted molar refractivity (Wildman–Crippen MR) is 129 cm³/mol. The van der Waals surface area contributed by atoms with Crippen LogP contribution in [0.4, 0.5) is 5.69 Å². The largest absolute Gasteiger partial charge is 0.449 e. The number of piperazine rings is 1. The van der Waals surface area contributed by atoms with Gasteiger partial charge in [-0.3, -0.25) is 9.59 Å². The number of benzene rings is 2. The summed E-state index contributed by atoms with van der Waals surface area (Å²) >= 11 is 0. The third kappa shape index (κ3) is 5.23. The molecule has 0 aliphatic carbocycles. The van der Waals surface area contributed by atoms with Crippen LogP contribution in [0.15, 0.2) is 53.4 Å². The third-order valence-corrected chi connectivity index (χ3v) is 8.33. The molecule has 0 N–H and O–H groups in total. The van der Waals surface area contributed by atoms with Crippen LogP contribution in [0.25, 0.3) is 0 Å². The van der Waals surface area contributed by atoms with Gasteiger partial charge in [-0.1, -0.05) is 18.2 Å². The first-order valence-electron chi connectivity index (χ1n) is 11.6. The van der Waals surface area contributed by atoms with Gasteiger partial charge in [0.1, 0.15) is 0 Å². The van der Waals surface area contributed by atoms with Gasteiger partial charge in [-0.25, -0.2) is 13.2 Å². The highest BCUT2D eigenvalue weighted by molar-refractivity contribution is 7.89. The van der Waals surface area contributed by atoms with Gasteiger partial charge in [0.05, 0.1) is 10.5 Å². The molecule has 1 saturated heterocycles. The zero-order chi connectivity index (χ0) is 25.2. The van der Waals surface area contributed by atoms with Crippen LogP contribution in [0.1, 0.15) is 36.2 Å². The van der Waals surface area contributed by atoms with Gasteiger partial charge in [-0.2, -0.15) is 4.31 Å². The van der Waals surface area contributed by atoms with E-state index >= 15 is 0 Å². The molecule has 2 amide bonds. The van der Waals surface area contributed by atoms with Crippen molar-refractivity contribution < 1.29 is 27.5 Å². The van der Waals surface area contributed by atoms with E-state index in [-0.39, 0.29) is 35.4 Å². The summed E-state index contributed by atoms with van der Waals surface area (Å²) in [6, 6.07) is 13.2. The lowest BCUT2D eigenvalue weighted by Crippen LogP contribution is -2.49. The molecule has 2 aliphatic rings. The summed E-state index contributed by atoms with van der Waals surface area (Å²) < 4.78 is 32.6. The molecule has 9 nitrogen and oxygen atoms in total. The normalized spacial score (nSPS) is 17.4. The first kappa shape index (κ1) is 24.9.